The van der Waals surface area contributed by atoms with E-state index in [0.29, 0.717) is 24.7 Å². The minimum Gasteiger partial charge on any atom is -0.367 e. The van der Waals surface area contributed by atoms with Crippen molar-refractivity contribution in [3.05, 3.63) is 41.7 Å². The summed E-state index contributed by atoms with van der Waals surface area (Å²) in [6.45, 7) is 7.17. The average Bonchev–Trinajstić information content (AvgIpc) is 3.23. The van der Waals surface area contributed by atoms with Gasteiger partial charge >= 0.3 is 0 Å². The maximum atomic E-state index is 11.7. The van der Waals surface area contributed by atoms with Crippen LogP contribution >= 0.6 is 0 Å². The SMILES string of the molecule is Cc1nn(-c2ccc(NCCNC(=O)Cn3cncn3)nn2)c(C)c1C. The molecule has 0 aliphatic carbocycles. The second kappa shape index (κ2) is 7.72. The number of hydrogen-bond acceptors (Lipinski definition) is 7. The molecule has 136 valence electrons. The van der Waals surface area contributed by atoms with Crippen molar-refractivity contribution in [2.24, 2.45) is 0 Å². The van der Waals surface area contributed by atoms with E-state index in [1.807, 2.05) is 32.9 Å². The number of carbonyl (C=O) groups is 1. The second-order valence-corrected chi connectivity index (χ2v) is 5.85. The maximum absolute atomic E-state index is 11.7. The van der Waals surface area contributed by atoms with Crippen LogP contribution in [-0.4, -0.2) is 53.7 Å². The fraction of sp³-hybridized carbons (Fsp3) is 0.375. The number of nitrogens with one attached hydrogen (secondary N) is 2. The highest BCUT2D eigenvalue weighted by Gasteiger charge is 2.10. The van der Waals surface area contributed by atoms with Gasteiger partial charge in [-0.25, -0.2) is 14.3 Å². The number of carbonyl (C=O) groups excluding carboxylic acids is 1. The van der Waals surface area contributed by atoms with Crippen LogP contribution in [0.2, 0.25) is 0 Å². The van der Waals surface area contributed by atoms with Gasteiger partial charge in [0.05, 0.1) is 5.69 Å². The van der Waals surface area contributed by atoms with Crippen LogP contribution in [0.4, 0.5) is 5.82 Å². The summed E-state index contributed by atoms with van der Waals surface area (Å²) in [4.78, 5) is 15.5. The van der Waals surface area contributed by atoms with Crippen molar-refractivity contribution in [1.29, 1.82) is 0 Å². The highest BCUT2D eigenvalue weighted by atomic mass is 16.2. The Balaban J connectivity index is 1.47. The molecule has 0 aliphatic rings. The molecule has 1 amide bonds. The molecule has 3 aromatic heterocycles. The van der Waals surface area contributed by atoms with E-state index in [9.17, 15) is 4.79 Å². The number of aromatic nitrogens is 7. The maximum Gasteiger partial charge on any atom is 0.241 e. The highest BCUT2D eigenvalue weighted by Crippen LogP contribution is 2.15. The fourth-order valence-corrected chi connectivity index (χ4v) is 2.39. The summed E-state index contributed by atoms with van der Waals surface area (Å²) >= 11 is 0. The first-order valence-electron chi connectivity index (χ1n) is 8.24. The lowest BCUT2D eigenvalue weighted by atomic mass is 10.2. The number of rotatable bonds is 7. The lowest BCUT2D eigenvalue weighted by Gasteiger charge is -2.08. The molecule has 0 spiro atoms. The zero-order chi connectivity index (χ0) is 18.5. The summed E-state index contributed by atoms with van der Waals surface area (Å²) in [5.41, 5.74) is 3.18. The Morgan fingerprint density at radius 2 is 2.00 bits per heavy atom. The van der Waals surface area contributed by atoms with E-state index < -0.39 is 0 Å². The molecule has 3 rings (SSSR count). The van der Waals surface area contributed by atoms with Crippen molar-refractivity contribution >= 4 is 11.7 Å². The van der Waals surface area contributed by atoms with Crippen LogP contribution in [0.1, 0.15) is 17.0 Å². The van der Waals surface area contributed by atoms with Gasteiger partial charge in [-0.1, -0.05) is 0 Å². The van der Waals surface area contributed by atoms with Crippen molar-refractivity contribution in [2.45, 2.75) is 27.3 Å². The first-order chi connectivity index (χ1) is 12.5. The zero-order valence-electron chi connectivity index (χ0n) is 15.0. The Kier molecular flexibility index (Phi) is 5.20. The van der Waals surface area contributed by atoms with E-state index in [4.69, 9.17) is 0 Å². The van der Waals surface area contributed by atoms with Crippen LogP contribution in [0.25, 0.3) is 5.82 Å². The standard InChI is InChI=1S/C16H21N9O/c1-11-12(2)23-25(13(11)3)15-5-4-14(21-22-15)18-6-7-19-16(26)8-24-10-17-9-20-24/h4-5,9-10H,6-8H2,1-3H3,(H,18,21)(H,19,26). The third-order valence-electron chi connectivity index (χ3n) is 4.05. The van der Waals surface area contributed by atoms with Crippen molar-refractivity contribution in [1.82, 2.24) is 40.1 Å². The molecule has 0 aliphatic heterocycles. The number of amides is 1. The van der Waals surface area contributed by atoms with Gasteiger partial charge in [-0.15, -0.1) is 10.2 Å². The van der Waals surface area contributed by atoms with Gasteiger partial charge in [0.15, 0.2) is 5.82 Å². The topological polar surface area (TPSA) is 115 Å². The van der Waals surface area contributed by atoms with Crippen molar-refractivity contribution in [3.63, 3.8) is 0 Å². The molecule has 26 heavy (non-hydrogen) atoms. The van der Waals surface area contributed by atoms with Crippen LogP contribution in [-0.2, 0) is 11.3 Å². The van der Waals surface area contributed by atoms with Gasteiger partial charge in [-0.3, -0.25) is 4.79 Å². The van der Waals surface area contributed by atoms with Crippen LogP contribution in [0, 0.1) is 20.8 Å². The molecule has 0 radical (unpaired) electrons. The summed E-state index contributed by atoms with van der Waals surface area (Å²) in [5, 5.41) is 22.6. The molecule has 0 fully saturated rings. The summed E-state index contributed by atoms with van der Waals surface area (Å²) in [5.74, 6) is 1.18. The summed E-state index contributed by atoms with van der Waals surface area (Å²) in [6, 6.07) is 3.70. The Hall–Kier alpha value is -3.30. The lowest BCUT2D eigenvalue weighted by Crippen LogP contribution is -2.31. The molecule has 0 saturated carbocycles. The molecule has 0 saturated heterocycles. The molecule has 3 heterocycles. The number of hydrogen-bond donors (Lipinski definition) is 2. The molecule has 10 heteroatoms. The van der Waals surface area contributed by atoms with Gasteiger partial charge in [0.2, 0.25) is 5.91 Å². The Morgan fingerprint density at radius 3 is 2.62 bits per heavy atom. The minimum atomic E-state index is -0.126. The average molecular weight is 355 g/mol. The van der Waals surface area contributed by atoms with Gasteiger partial charge < -0.3 is 10.6 Å². The molecule has 0 bridgehead atoms. The van der Waals surface area contributed by atoms with Crippen LogP contribution in [0.5, 0.6) is 0 Å². The Labute approximate surface area is 150 Å². The number of nitrogens with zero attached hydrogens (tertiary/aromatic N) is 7. The van der Waals surface area contributed by atoms with Gasteiger partial charge in [-0.05, 0) is 38.5 Å². The van der Waals surface area contributed by atoms with Crippen molar-refractivity contribution in [3.8, 4) is 5.82 Å². The second-order valence-electron chi connectivity index (χ2n) is 5.85. The third kappa shape index (κ3) is 4.02. The summed E-state index contributed by atoms with van der Waals surface area (Å²) < 4.78 is 3.25. The van der Waals surface area contributed by atoms with E-state index in [1.165, 1.54) is 17.3 Å². The largest absolute Gasteiger partial charge is 0.367 e. The minimum absolute atomic E-state index is 0.126. The van der Waals surface area contributed by atoms with Crippen LogP contribution in [0.15, 0.2) is 24.8 Å². The Bertz CT molecular complexity index is 868. The highest BCUT2D eigenvalue weighted by molar-refractivity contribution is 5.75. The first kappa shape index (κ1) is 17.5. The predicted octanol–water partition coefficient (Wildman–Crippen LogP) is 0.407. The Morgan fingerprint density at radius 1 is 1.15 bits per heavy atom. The van der Waals surface area contributed by atoms with Gasteiger partial charge in [-0.2, -0.15) is 10.2 Å². The van der Waals surface area contributed by atoms with E-state index in [2.05, 4.69) is 36.0 Å². The van der Waals surface area contributed by atoms with Gasteiger partial charge in [0.25, 0.3) is 0 Å². The van der Waals surface area contributed by atoms with Crippen LogP contribution < -0.4 is 10.6 Å². The van der Waals surface area contributed by atoms with Gasteiger partial charge in [0, 0.05) is 18.8 Å². The smallest absolute Gasteiger partial charge is 0.241 e. The predicted molar refractivity (Wildman–Crippen MR) is 94.9 cm³/mol. The molecule has 0 atom stereocenters. The summed E-state index contributed by atoms with van der Waals surface area (Å²) in [6.07, 6.45) is 2.89. The fourth-order valence-electron chi connectivity index (χ4n) is 2.39. The number of aryl methyl sites for hydroxylation is 1. The summed E-state index contributed by atoms with van der Waals surface area (Å²) in [7, 11) is 0. The molecule has 10 nitrogen and oxygen atoms in total. The van der Waals surface area contributed by atoms with E-state index in [1.54, 1.807) is 4.68 Å². The molecular weight excluding hydrogens is 334 g/mol. The van der Waals surface area contributed by atoms with E-state index in [0.717, 1.165) is 17.0 Å². The van der Waals surface area contributed by atoms with E-state index in [-0.39, 0.29) is 12.5 Å². The van der Waals surface area contributed by atoms with Crippen molar-refractivity contribution < 1.29 is 4.79 Å². The van der Waals surface area contributed by atoms with Crippen LogP contribution in [0.3, 0.4) is 0 Å². The molecule has 0 unspecified atom stereocenters. The lowest BCUT2D eigenvalue weighted by molar-refractivity contribution is -0.121. The van der Waals surface area contributed by atoms with Crippen molar-refractivity contribution in [2.75, 3.05) is 18.4 Å². The molecular formula is C16H21N9O. The third-order valence-corrected chi connectivity index (χ3v) is 4.05. The normalized spacial score (nSPS) is 10.7. The molecule has 3 aromatic rings. The molecule has 0 aromatic carbocycles. The number of anilines is 1. The zero-order valence-corrected chi connectivity index (χ0v) is 15.0. The quantitative estimate of drug-likeness (QED) is 0.590. The van der Waals surface area contributed by atoms with Gasteiger partial charge in [0.1, 0.15) is 25.0 Å². The molecule has 2 N–H and O–H groups in total. The van der Waals surface area contributed by atoms with E-state index >= 15 is 0 Å². The first-order valence-corrected chi connectivity index (χ1v) is 8.24. The monoisotopic (exact) mass is 355 g/mol.